The molecule has 1 atom stereocenters. The molecular weight excluding hydrogens is 399 g/mol. The van der Waals surface area contributed by atoms with Crippen molar-refractivity contribution in [2.75, 3.05) is 7.11 Å². The Kier molecular flexibility index (Phi) is 5.81. The summed E-state index contributed by atoms with van der Waals surface area (Å²) >= 11 is 0. The van der Waals surface area contributed by atoms with E-state index in [-0.39, 0.29) is 26.0 Å². The fraction of sp³-hybridized carbons (Fsp3) is 0.474. The van der Waals surface area contributed by atoms with Crippen molar-refractivity contribution in [3.05, 3.63) is 47.2 Å². The van der Waals surface area contributed by atoms with Crippen LogP contribution in [0.3, 0.4) is 0 Å². The van der Waals surface area contributed by atoms with Gasteiger partial charge in [-0.3, -0.25) is 4.68 Å². The Balaban J connectivity index is 1.96. The number of hydrogen-bond donors (Lipinski definition) is 0. The molecule has 1 fully saturated rings. The molecule has 0 spiro atoms. The van der Waals surface area contributed by atoms with Crippen LogP contribution in [-0.2, 0) is 24.1 Å². The molecule has 1 unspecified atom stereocenters. The van der Waals surface area contributed by atoms with Gasteiger partial charge in [-0.1, -0.05) is 30.3 Å². The van der Waals surface area contributed by atoms with Gasteiger partial charge in [0.25, 0.3) is 0 Å². The predicted molar refractivity (Wildman–Crippen MR) is 91.6 cm³/mol. The SMILES string of the molecule is COC(=O)c1c(C(F)(F)F)c(OCc2ccccc2)nn1CC1CCC(F)(F)C1. The van der Waals surface area contributed by atoms with Gasteiger partial charge in [-0.05, 0) is 17.9 Å². The summed E-state index contributed by atoms with van der Waals surface area (Å²) < 4.78 is 78.7. The van der Waals surface area contributed by atoms with Crippen LogP contribution < -0.4 is 4.74 Å². The van der Waals surface area contributed by atoms with Crippen molar-refractivity contribution in [3.63, 3.8) is 0 Å². The van der Waals surface area contributed by atoms with Gasteiger partial charge >= 0.3 is 12.1 Å². The zero-order valence-corrected chi connectivity index (χ0v) is 15.5. The third kappa shape index (κ3) is 4.86. The highest BCUT2D eigenvalue weighted by Gasteiger charge is 2.45. The molecule has 0 bridgehead atoms. The number of hydrogen-bond acceptors (Lipinski definition) is 4. The maximum absolute atomic E-state index is 13.7. The number of benzene rings is 1. The first kappa shape index (κ1) is 21.1. The lowest BCUT2D eigenvalue weighted by Gasteiger charge is -2.13. The summed E-state index contributed by atoms with van der Waals surface area (Å²) in [6, 6.07) is 8.45. The molecular formula is C19H19F5N2O3. The zero-order chi connectivity index (χ0) is 21.2. The second kappa shape index (κ2) is 8.00. The monoisotopic (exact) mass is 418 g/mol. The van der Waals surface area contributed by atoms with E-state index >= 15 is 0 Å². The predicted octanol–water partition coefficient (Wildman–Crippen LogP) is 4.70. The van der Waals surface area contributed by atoms with Gasteiger partial charge in [0.05, 0.1) is 7.11 Å². The van der Waals surface area contributed by atoms with Crippen LogP contribution in [0.25, 0.3) is 0 Å². The van der Waals surface area contributed by atoms with Crippen LogP contribution in [0.15, 0.2) is 30.3 Å². The van der Waals surface area contributed by atoms with E-state index in [0.29, 0.717) is 5.56 Å². The van der Waals surface area contributed by atoms with Crippen LogP contribution in [-0.4, -0.2) is 28.8 Å². The van der Waals surface area contributed by atoms with Crippen LogP contribution in [0, 0.1) is 5.92 Å². The molecule has 0 aliphatic heterocycles. The third-order valence-corrected chi connectivity index (χ3v) is 4.74. The summed E-state index contributed by atoms with van der Waals surface area (Å²) in [5.74, 6) is -5.53. The Morgan fingerprint density at radius 2 is 1.97 bits per heavy atom. The standard InChI is InChI=1S/C19H19F5N2O3/c1-28-17(27)15-14(19(22,23)24)16(29-11-12-5-3-2-4-6-12)25-26(15)10-13-7-8-18(20,21)9-13/h2-6,13H,7-11H2,1H3. The van der Waals surface area contributed by atoms with E-state index in [1.54, 1.807) is 30.3 Å². The average molecular weight is 418 g/mol. The number of methoxy groups -OCH3 is 1. The summed E-state index contributed by atoms with van der Waals surface area (Å²) in [5.41, 5.74) is -1.62. The Labute approximate surface area is 163 Å². The van der Waals surface area contributed by atoms with Gasteiger partial charge in [0, 0.05) is 19.4 Å². The van der Waals surface area contributed by atoms with Gasteiger partial charge < -0.3 is 9.47 Å². The van der Waals surface area contributed by atoms with Gasteiger partial charge in [0.1, 0.15) is 6.61 Å². The number of ether oxygens (including phenoxy) is 2. The molecule has 10 heteroatoms. The quantitative estimate of drug-likeness (QED) is 0.504. The molecule has 3 rings (SSSR count). The largest absolute Gasteiger partial charge is 0.471 e. The Morgan fingerprint density at radius 1 is 1.28 bits per heavy atom. The lowest BCUT2D eigenvalue weighted by Crippen LogP contribution is -2.20. The van der Waals surface area contributed by atoms with E-state index in [4.69, 9.17) is 4.74 Å². The number of esters is 1. The van der Waals surface area contributed by atoms with E-state index < -0.39 is 47.5 Å². The number of carbonyl (C=O) groups is 1. The number of halogens is 5. The maximum Gasteiger partial charge on any atom is 0.424 e. The molecule has 158 valence electrons. The minimum atomic E-state index is -4.95. The second-order valence-electron chi connectivity index (χ2n) is 6.94. The number of nitrogens with zero attached hydrogens (tertiary/aromatic N) is 2. The molecule has 5 nitrogen and oxygen atoms in total. The Morgan fingerprint density at radius 3 is 2.52 bits per heavy atom. The van der Waals surface area contributed by atoms with E-state index in [1.807, 2.05) is 0 Å². The highest BCUT2D eigenvalue weighted by Crippen LogP contribution is 2.42. The van der Waals surface area contributed by atoms with Gasteiger partial charge in [0.15, 0.2) is 11.3 Å². The van der Waals surface area contributed by atoms with Gasteiger partial charge in [-0.2, -0.15) is 13.2 Å². The molecule has 1 heterocycles. The molecule has 1 aromatic carbocycles. The minimum absolute atomic E-state index is 0.120. The fourth-order valence-electron chi connectivity index (χ4n) is 3.40. The smallest absolute Gasteiger partial charge is 0.424 e. The molecule has 0 radical (unpaired) electrons. The molecule has 1 saturated carbocycles. The van der Waals surface area contributed by atoms with E-state index in [2.05, 4.69) is 9.84 Å². The molecule has 0 amide bonds. The lowest BCUT2D eigenvalue weighted by molar-refractivity contribution is -0.139. The van der Waals surface area contributed by atoms with Gasteiger partial charge in [-0.25, -0.2) is 13.6 Å². The van der Waals surface area contributed by atoms with Crippen molar-refractivity contribution in [2.45, 2.75) is 44.5 Å². The highest BCUT2D eigenvalue weighted by atomic mass is 19.4. The van der Waals surface area contributed by atoms with Gasteiger partial charge in [-0.15, -0.1) is 5.10 Å². The van der Waals surface area contributed by atoms with Crippen LogP contribution in [0.2, 0.25) is 0 Å². The van der Waals surface area contributed by atoms with E-state index in [1.165, 1.54) is 0 Å². The molecule has 1 aliphatic rings. The summed E-state index contributed by atoms with van der Waals surface area (Å²) in [5, 5.41) is 3.80. The summed E-state index contributed by atoms with van der Waals surface area (Å²) in [7, 11) is 0.939. The topological polar surface area (TPSA) is 53.4 Å². The van der Waals surface area contributed by atoms with Crippen molar-refractivity contribution in [1.29, 1.82) is 0 Å². The first-order valence-corrected chi connectivity index (χ1v) is 8.91. The third-order valence-electron chi connectivity index (χ3n) is 4.74. The zero-order valence-electron chi connectivity index (χ0n) is 15.5. The maximum atomic E-state index is 13.7. The summed E-state index contributed by atoms with van der Waals surface area (Å²) in [6.45, 7) is -0.471. The van der Waals surface area contributed by atoms with Crippen LogP contribution >= 0.6 is 0 Å². The average Bonchev–Trinajstić information content (AvgIpc) is 3.19. The molecule has 29 heavy (non-hydrogen) atoms. The first-order chi connectivity index (χ1) is 13.6. The van der Waals surface area contributed by atoms with Crippen LogP contribution in [0.1, 0.15) is 40.9 Å². The molecule has 1 aromatic heterocycles. The second-order valence-corrected chi connectivity index (χ2v) is 6.94. The Hall–Kier alpha value is -2.65. The lowest BCUT2D eigenvalue weighted by atomic mass is 10.1. The highest BCUT2D eigenvalue weighted by molar-refractivity contribution is 5.90. The van der Waals surface area contributed by atoms with E-state index in [0.717, 1.165) is 11.8 Å². The summed E-state index contributed by atoms with van der Waals surface area (Å²) in [6.07, 6.45) is -5.66. The van der Waals surface area contributed by atoms with E-state index in [9.17, 15) is 26.7 Å². The molecule has 0 N–H and O–H groups in total. The molecule has 0 saturated heterocycles. The molecule has 1 aliphatic carbocycles. The van der Waals surface area contributed by atoms with Crippen molar-refractivity contribution in [3.8, 4) is 5.88 Å². The number of aromatic nitrogens is 2. The van der Waals surface area contributed by atoms with Crippen molar-refractivity contribution in [2.24, 2.45) is 5.92 Å². The van der Waals surface area contributed by atoms with Crippen molar-refractivity contribution < 1.29 is 36.2 Å². The van der Waals surface area contributed by atoms with Crippen molar-refractivity contribution >= 4 is 5.97 Å². The van der Waals surface area contributed by atoms with Crippen LogP contribution in [0.4, 0.5) is 22.0 Å². The van der Waals surface area contributed by atoms with Gasteiger partial charge in [0.2, 0.25) is 11.8 Å². The first-order valence-electron chi connectivity index (χ1n) is 8.91. The number of carbonyl (C=O) groups excluding carboxylic acids is 1. The van der Waals surface area contributed by atoms with Crippen molar-refractivity contribution in [1.82, 2.24) is 9.78 Å². The summed E-state index contributed by atoms with van der Waals surface area (Å²) in [4.78, 5) is 12.1. The van der Waals surface area contributed by atoms with Crippen LogP contribution in [0.5, 0.6) is 5.88 Å². The Bertz CT molecular complexity index is 865. The number of rotatable bonds is 6. The normalized spacial score (nSPS) is 18.6. The fourth-order valence-corrected chi connectivity index (χ4v) is 3.40. The molecule has 2 aromatic rings. The number of alkyl halides is 5. The minimum Gasteiger partial charge on any atom is -0.471 e.